The average molecular weight is 333 g/mol. The Hall–Kier alpha value is -2.57. The molecule has 1 fully saturated rings. The fourth-order valence-electron chi connectivity index (χ4n) is 2.65. The van der Waals surface area contributed by atoms with Crippen LogP contribution in [0.4, 0.5) is 10.5 Å². The van der Waals surface area contributed by atoms with Gasteiger partial charge in [0.1, 0.15) is 0 Å². The number of hydrogen-bond acceptors (Lipinski definition) is 4. The van der Waals surface area contributed by atoms with E-state index in [1.807, 2.05) is 0 Å². The van der Waals surface area contributed by atoms with Crippen LogP contribution in [0.5, 0.6) is 0 Å². The molecule has 1 aromatic carbocycles. The number of amides is 3. The van der Waals surface area contributed by atoms with Gasteiger partial charge in [-0.3, -0.25) is 25.8 Å². The second kappa shape index (κ2) is 8.90. The fourth-order valence-corrected chi connectivity index (χ4v) is 2.65. The van der Waals surface area contributed by atoms with Gasteiger partial charge in [-0.1, -0.05) is 19.3 Å². The van der Waals surface area contributed by atoms with E-state index in [1.54, 1.807) is 31.2 Å². The van der Waals surface area contributed by atoms with Gasteiger partial charge in [0.25, 0.3) is 5.91 Å². The lowest BCUT2D eigenvalue weighted by Crippen LogP contribution is -2.44. The smallest absolute Gasteiger partial charge is 0.411 e. The molecule has 130 valence electrons. The standard InChI is InChI=1S/C17H23N3O4/c1-2-24-17(23)18-14-10-8-13(9-11-14)16(22)20-19-15(21)12-6-4-3-5-7-12/h8-12H,2-7H2,1H3,(H,18,23)(H,19,21)(H,20,22). The van der Waals surface area contributed by atoms with Crippen LogP contribution in [-0.4, -0.2) is 24.5 Å². The minimum atomic E-state index is -0.547. The van der Waals surface area contributed by atoms with Crippen LogP contribution in [0.15, 0.2) is 24.3 Å². The molecule has 3 amide bonds. The minimum absolute atomic E-state index is 0.0183. The van der Waals surface area contributed by atoms with Gasteiger partial charge in [0.2, 0.25) is 5.91 Å². The van der Waals surface area contributed by atoms with Crippen molar-refractivity contribution in [2.24, 2.45) is 5.92 Å². The molecule has 0 unspecified atom stereocenters. The van der Waals surface area contributed by atoms with E-state index in [9.17, 15) is 14.4 Å². The highest BCUT2D eigenvalue weighted by molar-refractivity contribution is 5.96. The van der Waals surface area contributed by atoms with Crippen molar-refractivity contribution in [1.29, 1.82) is 0 Å². The average Bonchev–Trinajstić information content (AvgIpc) is 2.61. The van der Waals surface area contributed by atoms with Gasteiger partial charge in [0, 0.05) is 17.2 Å². The SMILES string of the molecule is CCOC(=O)Nc1ccc(C(=O)NNC(=O)C2CCCCC2)cc1. The summed E-state index contributed by atoms with van der Waals surface area (Å²) in [6.45, 7) is 2.00. The number of nitrogens with one attached hydrogen (secondary N) is 3. The Kier molecular flexibility index (Phi) is 6.60. The van der Waals surface area contributed by atoms with Gasteiger partial charge in [-0.15, -0.1) is 0 Å². The van der Waals surface area contributed by atoms with Crippen LogP contribution in [0.2, 0.25) is 0 Å². The number of anilines is 1. The molecule has 1 aliphatic carbocycles. The Bertz CT molecular complexity index is 580. The molecule has 0 saturated heterocycles. The zero-order chi connectivity index (χ0) is 17.4. The van der Waals surface area contributed by atoms with Crippen molar-refractivity contribution in [2.75, 3.05) is 11.9 Å². The summed E-state index contributed by atoms with van der Waals surface area (Å²) >= 11 is 0. The summed E-state index contributed by atoms with van der Waals surface area (Å²) in [4.78, 5) is 35.3. The van der Waals surface area contributed by atoms with Crippen LogP contribution in [-0.2, 0) is 9.53 Å². The summed E-state index contributed by atoms with van der Waals surface area (Å²) in [5.41, 5.74) is 5.82. The van der Waals surface area contributed by atoms with E-state index in [1.165, 1.54) is 6.42 Å². The number of carbonyl (C=O) groups excluding carboxylic acids is 3. The Labute approximate surface area is 141 Å². The van der Waals surface area contributed by atoms with Gasteiger partial charge in [-0.05, 0) is 44.0 Å². The molecule has 1 aromatic rings. The molecule has 3 N–H and O–H groups in total. The highest BCUT2D eigenvalue weighted by Crippen LogP contribution is 2.23. The third-order valence-electron chi connectivity index (χ3n) is 3.94. The largest absolute Gasteiger partial charge is 0.450 e. The first kappa shape index (κ1) is 17.8. The van der Waals surface area contributed by atoms with Gasteiger partial charge < -0.3 is 4.74 Å². The summed E-state index contributed by atoms with van der Waals surface area (Å²) in [6.07, 6.45) is 4.48. The van der Waals surface area contributed by atoms with Crippen LogP contribution in [0.3, 0.4) is 0 Å². The lowest BCUT2D eigenvalue weighted by atomic mass is 9.89. The van der Waals surface area contributed by atoms with Gasteiger partial charge in [0.15, 0.2) is 0 Å². The molecule has 0 aliphatic heterocycles. The lowest BCUT2D eigenvalue weighted by Gasteiger charge is -2.20. The third-order valence-corrected chi connectivity index (χ3v) is 3.94. The van der Waals surface area contributed by atoms with Crippen molar-refractivity contribution in [3.05, 3.63) is 29.8 Å². The quantitative estimate of drug-likeness (QED) is 0.738. The Balaban J connectivity index is 1.81. The maximum Gasteiger partial charge on any atom is 0.411 e. The minimum Gasteiger partial charge on any atom is -0.450 e. The molecule has 7 nitrogen and oxygen atoms in total. The first-order valence-electron chi connectivity index (χ1n) is 8.24. The number of hydrazine groups is 1. The second-order valence-electron chi connectivity index (χ2n) is 5.70. The molecule has 0 atom stereocenters. The van der Waals surface area contributed by atoms with E-state index in [0.29, 0.717) is 11.3 Å². The maximum absolute atomic E-state index is 12.0. The van der Waals surface area contributed by atoms with Crippen molar-refractivity contribution >= 4 is 23.6 Å². The number of benzene rings is 1. The van der Waals surface area contributed by atoms with Crippen molar-refractivity contribution < 1.29 is 19.1 Å². The van der Waals surface area contributed by atoms with Gasteiger partial charge in [0.05, 0.1) is 6.61 Å². The van der Waals surface area contributed by atoms with Crippen molar-refractivity contribution in [1.82, 2.24) is 10.9 Å². The van der Waals surface area contributed by atoms with E-state index in [4.69, 9.17) is 4.74 Å². The third kappa shape index (κ3) is 5.26. The van der Waals surface area contributed by atoms with E-state index >= 15 is 0 Å². The van der Waals surface area contributed by atoms with E-state index in [-0.39, 0.29) is 18.4 Å². The predicted molar refractivity (Wildman–Crippen MR) is 89.3 cm³/mol. The lowest BCUT2D eigenvalue weighted by molar-refractivity contribution is -0.126. The van der Waals surface area contributed by atoms with Gasteiger partial charge in [-0.2, -0.15) is 0 Å². The normalized spacial score (nSPS) is 14.5. The first-order valence-corrected chi connectivity index (χ1v) is 8.24. The highest BCUT2D eigenvalue weighted by Gasteiger charge is 2.21. The molecule has 24 heavy (non-hydrogen) atoms. The van der Waals surface area contributed by atoms with E-state index < -0.39 is 12.0 Å². The van der Waals surface area contributed by atoms with E-state index in [0.717, 1.165) is 25.7 Å². The van der Waals surface area contributed by atoms with Crippen LogP contribution >= 0.6 is 0 Å². The molecule has 7 heteroatoms. The second-order valence-corrected chi connectivity index (χ2v) is 5.70. The molecule has 1 saturated carbocycles. The van der Waals surface area contributed by atoms with Crippen LogP contribution in [0.1, 0.15) is 49.4 Å². The molecule has 1 aliphatic rings. The Morgan fingerprint density at radius 2 is 1.71 bits per heavy atom. The summed E-state index contributed by atoms with van der Waals surface area (Å²) < 4.78 is 4.77. The monoisotopic (exact) mass is 333 g/mol. The maximum atomic E-state index is 12.0. The van der Waals surface area contributed by atoms with Crippen LogP contribution in [0.25, 0.3) is 0 Å². The van der Waals surface area contributed by atoms with E-state index in [2.05, 4.69) is 16.2 Å². The number of ether oxygens (including phenoxy) is 1. The first-order chi connectivity index (χ1) is 11.6. The summed E-state index contributed by atoms with van der Waals surface area (Å²) in [6, 6.07) is 6.30. The van der Waals surface area contributed by atoms with Gasteiger partial charge >= 0.3 is 6.09 Å². The fraction of sp³-hybridized carbons (Fsp3) is 0.471. The highest BCUT2D eigenvalue weighted by atomic mass is 16.5. The topological polar surface area (TPSA) is 96.5 Å². The van der Waals surface area contributed by atoms with Crippen LogP contribution < -0.4 is 16.2 Å². The predicted octanol–water partition coefficient (Wildman–Crippen LogP) is 2.60. The molecular formula is C17H23N3O4. The molecule has 2 rings (SSSR count). The molecule has 0 heterocycles. The summed E-state index contributed by atoms with van der Waals surface area (Å²) in [5, 5.41) is 2.54. The Morgan fingerprint density at radius 3 is 2.33 bits per heavy atom. The molecule has 0 aromatic heterocycles. The summed E-state index contributed by atoms with van der Waals surface area (Å²) in [5.74, 6) is -0.555. The summed E-state index contributed by atoms with van der Waals surface area (Å²) in [7, 11) is 0. The van der Waals surface area contributed by atoms with Crippen LogP contribution in [0, 0.1) is 5.92 Å². The molecule has 0 radical (unpaired) electrons. The number of hydrogen-bond donors (Lipinski definition) is 3. The molecule has 0 bridgehead atoms. The van der Waals surface area contributed by atoms with Crippen molar-refractivity contribution in [3.8, 4) is 0 Å². The zero-order valence-electron chi connectivity index (χ0n) is 13.8. The van der Waals surface area contributed by atoms with Gasteiger partial charge in [-0.25, -0.2) is 4.79 Å². The Morgan fingerprint density at radius 1 is 1.04 bits per heavy atom. The molecule has 0 spiro atoms. The molecular weight excluding hydrogens is 310 g/mol. The van der Waals surface area contributed by atoms with Crippen molar-refractivity contribution in [2.45, 2.75) is 39.0 Å². The number of carbonyl (C=O) groups is 3. The number of rotatable bonds is 4. The van der Waals surface area contributed by atoms with Crippen molar-refractivity contribution in [3.63, 3.8) is 0 Å². The zero-order valence-corrected chi connectivity index (χ0v) is 13.8.